The fraction of sp³-hybridized carbons (Fsp3) is 0.588. The Morgan fingerprint density at radius 1 is 1.13 bits per heavy atom. The van der Waals surface area contributed by atoms with Crippen LogP contribution in [0.4, 0.5) is 0 Å². The molecule has 23 heavy (non-hydrogen) atoms. The summed E-state index contributed by atoms with van der Waals surface area (Å²) in [5, 5.41) is 3.60. The predicted octanol–water partition coefficient (Wildman–Crippen LogP) is 2.44. The first-order valence-electron chi connectivity index (χ1n) is 8.23. The molecule has 3 heterocycles. The van der Waals surface area contributed by atoms with Crippen molar-refractivity contribution in [3.8, 4) is 11.5 Å². The predicted molar refractivity (Wildman–Crippen MR) is 89.5 cm³/mol. The van der Waals surface area contributed by atoms with Crippen molar-refractivity contribution >= 4 is 18.3 Å². The van der Waals surface area contributed by atoms with Crippen molar-refractivity contribution in [3.05, 3.63) is 23.8 Å². The number of piperidine rings is 1. The molecule has 5 nitrogen and oxygen atoms in total. The van der Waals surface area contributed by atoms with E-state index in [1.165, 1.54) is 12.8 Å². The van der Waals surface area contributed by atoms with Gasteiger partial charge in [0.15, 0.2) is 11.5 Å². The molecule has 0 bridgehead atoms. The topological polar surface area (TPSA) is 50.8 Å². The molecular weight excluding hydrogens is 316 g/mol. The summed E-state index contributed by atoms with van der Waals surface area (Å²) >= 11 is 0. The second-order valence-electron chi connectivity index (χ2n) is 6.40. The van der Waals surface area contributed by atoms with Gasteiger partial charge >= 0.3 is 0 Å². The van der Waals surface area contributed by atoms with Gasteiger partial charge in [-0.25, -0.2) is 0 Å². The van der Waals surface area contributed by atoms with E-state index in [0.29, 0.717) is 17.4 Å². The highest BCUT2D eigenvalue weighted by molar-refractivity contribution is 5.95. The Morgan fingerprint density at radius 3 is 2.65 bits per heavy atom. The third-order valence-electron chi connectivity index (χ3n) is 5.11. The maximum atomic E-state index is 12.6. The van der Waals surface area contributed by atoms with Crippen molar-refractivity contribution in [3.63, 3.8) is 0 Å². The van der Waals surface area contributed by atoms with Crippen LogP contribution in [0.2, 0.25) is 0 Å². The highest BCUT2D eigenvalue weighted by atomic mass is 35.5. The Hall–Kier alpha value is -1.46. The number of carbonyl (C=O) groups is 1. The van der Waals surface area contributed by atoms with Crippen molar-refractivity contribution in [1.82, 2.24) is 10.2 Å². The van der Waals surface area contributed by atoms with Crippen LogP contribution in [0.15, 0.2) is 18.2 Å². The van der Waals surface area contributed by atoms with Crippen LogP contribution in [0.1, 0.15) is 36.0 Å². The van der Waals surface area contributed by atoms with Gasteiger partial charge in [-0.1, -0.05) is 0 Å². The van der Waals surface area contributed by atoms with Gasteiger partial charge in [0.2, 0.25) is 6.79 Å². The first-order chi connectivity index (χ1) is 10.8. The lowest BCUT2D eigenvalue weighted by molar-refractivity contribution is 0.0674. The summed E-state index contributed by atoms with van der Waals surface area (Å²) in [6.45, 7) is 3.11. The first-order valence-corrected chi connectivity index (χ1v) is 8.23. The molecule has 0 aliphatic carbocycles. The summed E-state index contributed by atoms with van der Waals surface area (Å²) in [6.07, 6.45) is 4.80. The minimum Gasteiger partial charge on any atom is -0.454 e. The van der Waals surface area contributed by atoms with Gasteiger partial charge in [-0.05, 0) is 56.3 Å². The standard InChI is InChI=1S/C17H22N2O3.ClH/c20-17(13-3-4-15-16(10-13)22-11-21-15)19-8-5-12(6-9-19)14-2-1-7-18-14;/h3-4,10,12,14,18H,1-2,5-9,11H2;1H. The van der Waals surface area contributed by atoms with Crippen LogP contribution in [-0.2, 0) is 0 Å². The van der Waals surface area contributed by atoms with E-state index in [1.54, 1.807) is 6.07 Å². The summed E-state index contributed by atoms with van der Waals surface area (Å²) in [4.78, 5) is 14.6. The molecule has 1 amide bonds. The van der Waals surface area contributed by atoms with E-state index < -0.39 is 0 Å². The van der Waals surface area contributed by atoms with E-state index in [2.05, 4.69) is 5.32 Å². The van der Waals surface area contributed by atoms with Gasteiger partial charge in [-0.15, -0.1) is 12.4 Å². The van der Waals surface area contributed by atoms with E-state index in [1.807, 2.05) is 17.0 Å². The lowest BCUT2D eigenvalue weighted by Crippen LogP contribution is -2.43. The van der Waals surface area contributed by atoms with E-state index in [4.69, 9.17) is 9.47 Å². The second kappa shape index (κ2) is 6.97. The number of nitrogens with zero attached hydrogens (tertiary/aromatic N) is 1. The van der Waals surface area contributed by atoms with Crippen LogP contribution < -0.4 is 14.8 Å². The Labute approximate surface area is 142 Å². The molecule has 0 radical (unpaired) electrons. The van der Waals surface area contributed by atoms with Crippen molar-refractivity contribution in [2.24, 2.45) is 5.92 Å². The number of fused-ring (bicyclic) bond motifs is 1. The quantitative estimate of drug-likeness (QED) is 0.900. The van der Waals surface area contributed by atoms with Crippen molar-refractivity contribution in [2.75, 3.05) is 26.4 Å². The molecule has 2 fully saturated rings. The number of halogens is 1. The highest BCUT2D eigenvalue weighted by Gasteiger charge is 2.30. The molecule has 0 aromatic heterocycles. The van der Waals surface area contributed by atoms with Gasteiger partial charge in [0, 0.05) is 24.7 Å². The summed E-state index contributed by atoms with van der Waals surface area (Å²) in [5.74, 6) is 2.23. The molecular formula is C17H23ClN2O3. The van der Waals surface area contributed by atoms with Crippen LogP contribution in [0.25, 0.3) is 0 Å². The Balaban J connectivity index is 0.00000156. The molecule has 1 aromatic rings. The van der Waals surface area contributed by atoms with Crippen molar-refractivity contribution in [2.45, 2.75) is 31.7 Å². The maximum absolute atomic E-state index is 12.6. The van der Waals surface area contributed by atoms with E-state index in [0.717, 1.165) is 44.1 Å². The number of ether oxygens (including phenoxy) is 2. The van der Waals surface area contributed by atoms with E-state index in [9.17, 15) is 4.79 Å². The molecule has 4 rings (SSSR count). The van der Waals surface area contributed by atoms with Crippen LogP contribution in [-0.4, -0.2) is 43.3 Å². The van der Waals surface area contributed by atoms with Crippen molar-refractivity contribution in [1.29, 1.82) is 0 Å². The SMILES string of the molecule is Cl.O=C(c1ccc2c(c1)OCO2)N1CCC(C2CCCN2)CC1. The first kappa shape index (κ1) is 16.4. The molecule has 1 atom stereocenters. The number of amides is 1. The maximum Gasteiger partial charge on any atom is 0.253 e. The molecule has 1 unspecified atom stereocenters. The number of rotatable bonds is 2. The van der Waals surface area contributed by atoms with Crippen LogP contribution in [0.5, 0.6) is 11.5 Å². The third-order valence-corrected chi connectivity index (χ3v) is 5.11. The summed E-state index contributed by atoms with van der Waals surface area (Å²) < 4.78 is 10.7. The average molecular weight is 339 g/mol. The Bertz CT molecular complexity index is 567. The molecule has 2 saturated heterocycles. The summed E-state index contributed by atoms with van der Waals surface area (Å²) in [7, 11) is 0. The van der Waals surface area contributed by atoms with Crippen LogP contribution >= 0.6 is 12.4 Å². The zero-order chi connectivity index (χ0) is 14.9. The van der Waals surface area contributed by atoms with Gasteiger partial charge in [0.25, 0.3) is 5.91 Å². The fourth-order valence-electron chi connectivity index (χ4n) is 3.83. The van der Waals surface area contributed by atoms with Crippen LogP contribution in [0, 0.1) is 5.92 Å². The third kappa shape index (κ3) is 3.26. The largest absolute Gasteiger partial charge is 0.454 e. The van der Waals surface area contributed by atoms with Gasteiger partial charge < -0.3 is 19.7 Å². The van der Waals surface area contributed by atoms with Crippen molar-refractivity contribution < 1.29 is 14.3 Å². The lowest BCUT2D eigenvalue weighted by Gasteiger charge is -2.35. The molecule has 3 aliphatic heterocycles. The molecule has 0 spiro atoms. The van der Waals surface area contributed by atoms with E-state index in [-0.39, 0.29) is 25.1 Å². The number of nitrogens with one attached hydrogen (secondary N) is 1. The number of benzene rings is 1. The minimum absolute atomic E-state index is 0. The molecule has 1 N–H and O–H groups in total. The molecule has 126 valence electrons. The van der Waals surface area contributed by atoms with Gasteiger partial charge in [-0.2, -0.15) is 0 Å². The molecule has 0 saturated carbocycles. The zero-order valence-corrected chi connectivity index (χ0v) is 13.9. The lowest BCUT2D eigenvalue weighted by atomic mass is 9.88. The average Bonchev–Trinajstić information content (AvgIpc) is 3.25. The van der Waals surface area contributed by atoms with Gasteiger partial charge in [-0.3, -0.25) is 4.79 Å². The highest BCUT2D eigenvalue weighted by Crippen LogP contribution is 2.33. The zero-order valence-electron chi connectivity index (χ0n) is 13.1. The number of carbonyl (C=O) groups excluding carboxylic acids is 1. The molecule has 6 heteroatoms. The molecule has 3 aliphatic rings. The van der Waals surface area contributed by atoms with Crippen LogP contribution in [0.3, 0.4) is 0 Å². The Kier molecular flexibility index (Phi) is 4.97. The minimum atomic E-state index is 0. The summed E-state index contributed by atoms with van der Waals surface area (Å²) in [6, 6.07) is 6.13. The van der Waals surface area contributed by atoms with Gasteiger partial charge in [0.1, 0.15) is 0 Å². The Morgan fingerprint density at radius 2 is 1.91 bits per heavy atom. The number of hydrogen-bond acceptors (Lipinski definition) is 4. The molecule has 1 aromatic carbocycles. The van der Waals surface area contributed by atoms with E-state index >= 15 is 0 Å². The normalized spacial score (nSPS) is 23.7. The number of hydrogen-bond donors (Lipinski definition) is 1. The smallest absolute Gasteiger partial charge is 0.253 e. The second-order valence-corrected chi connectivity index (χ2v) is 6.40. The van der Waals surface area contributed by atoms with Gasteiger partial charge in [0.05, 0.1) is 0 Å². The monoisotopic (exact) mass is 338 g/mol. The summed E-state index contributed by atoms with van der Waals surface area (Å²) in [5.41, 5.74) is 0.696. The number of likely N-dealkylation sites (tertiary alicyclic amines) is 1. The fourth-order valence-corrected chi connectivity index (χ4v) is 3.83.